The summed E-state index contributed by atoms with van der Waals surface area (Å²) in [6, 6.07) is 0. The van der Waals surface area contributed by atoms with E-state index in [2.05, 4.69) is 62.5 Å². The number of hydrogen-bond donors (Lipinski definition) is 2. The van der Waals surface area contributed by atoms with Gasteiger partial charge in [0.2, 0.25) is 0 Å². The van der Waals surface area contributed by atoms with Crippen LogP contribution in [0.25, 0.3) is 0 Å². The van der Waals surface area contributed by atoms with Crippen LogP contribution in [0.15, 0.2) is 72.9 Å². The highest BCUT2D eigenvalue weighted by Crippen LogP contribution is 2.43. The molecule has 1 unspecified atom stereocenters. The Hall–Kier alpha value is -2.55. The number of esters is 2. The van der Waals surface area contributed by atoms with Gasteiger partial charge in [-0.2, -0.15) is 0 Å². The molecule has 0 aromatic heterocycles. The molecule has 0 aromatic rings. The summed E-state index contributed by atoms with van der Waals surface area (Å²) in [5.74, 6) is -1.12. The zero-order chi connectivity index (χ0) is 38.9. The quantitative estimate of drug-likeness (QED) is 0.0158. The lowest BCUT2D eigenvalue weighted by Crippen LogP contribution is -2.29. The van der Waals surface area contributed by atoms with Gasteiger partial charge in [0, 0.05) is 19.0 Å². The third-order valence-electron chi connectivity index (χ3n) is 8.15. The van der Waals surface area contributed by atoms with E-state index < -0.39 is 32.5 Å². The van der Waals surface area contributed by atoms with Crippen molar-refractivity contribution in [3.8, 4) is 0 Å². The highest BCUT2D eigenvalue weighted by molar-refractivity contribution is 7.47. The van der Waals surface area contributed by atoms with E-state index in [0.29, 0.717) is 6.42 Å². The maximum absolute atomic E-state index is 12.5. The number of allylic oxidation sites excluding steroid dienone is 11. The van der Waals surface area contributed by atoms with Crippen molar-refractivity contribution in [1.82, 2.24) is 0 Å². The Morgan fingerprint density at radius 1 is 0.623 bits per heavy atom. The van der Waals surface area contributed by atoms with E-state index in [4.69, 9.17) is 24.3 Å². The minimum atomic E-state index is -4.41. The molecular weight excluding hydrogens is 689 g/mol. The van der Waals surface area contributed by atoms with Crippen LogP contribution in [-0.2, 0) is 32.7 Å². The van der Waals surface area contributed by atoms with Gasteiger partial charge in [0.05, 0.1) is 13.2 Å². The molecule has 304 valence electrons. The molecule has 0 amide bonds. The summed E-state index contributed by atoms with van der Waals surface area (Å²) >= 11 is 0. The molecule has 0 rings (SSSR count). The van der Waals surface area contributed by atoms with Crippen LogP contribution in [-0.4, -0.2) is 49.3 Å². The zero-order valence-corrected chi connectivity index (χ0v) is 34.1. The summed E-state index contributed by atoms with van der Waals surface area (Å²) in [7, 11) is -4.41. The second-order valence-electron chi connectivity index (χ2n) is 13.2. The number of carbonyl (C=O) groups excluding carboxylic acids is 2. The Morgan fingerprint density at radius 2 is 1.15 bits per heavy atom. The van der Waals surface area contributed by atoms with Crippen LogP contribution < -0.4 is 5.73 Å². The minimum Gasteiger partial charge on any atom is -0.458 e. The molecule has 0 saturated carbocycles. The van der Waals surface area contributed by atoms with Crippen molar-refractivity contribution in [2.45, 2.75) is 161 Å². The third kappa shape index (κ3) is 39.0. The Morgan fingerprint density at radius 3 is 1.74 bits per heavy atom. The predicted molar refractivity (Wildman–Crippen MR) is 219 cm³/mol. The number of unbranched alkanes of at least 4 members (excludes halogenated alkanes) is 15. The standard InChI is InChI=1S/C43H74NO8P/c1-3-5-7-9-11-13-15-17-19-20-22-24-26-28-30-32-34-36-43(46)52-41(40-51-53(47,48)50-38-37-44)39-49-42(45)35-33-31-29-27-25-23-21-18-16-14-12-10-8-6-4-2/h7,9,13,15,19-20,24,26,29,31,33,35,41H,3-6,8,10-12,14,16-18,21-23,25,27-28,30,32,34,36-40,44H2,1-2H3,(H,47,48)/b9-7+,15-13+,20-19+,26-24+,31-29+,35-33+/t41-/m1/s1. The maximum Gasteiger partial charge on any atom is 0.472 e. The van der Waals surface area contributed by atoms with Crippen LogP contribution in [0.3, 0.4) is 0 Å². The van der Waals surface area contributed by atoms with Crippen molar-refractivity contribution in [2.24, 2.45) is 5.73 Å². The van der Waals surface area contributed by atoms with Gasteiger partial charge in [0.25, 0.3) is 0 Å². The lowest BCUT2D eigenvalue weighted by Gasteiger charge is -2.19. The molecule has 0 aliphatic rings. The number of phosphoric ester groups is 1. The van der Waals surface area contributed by atoms with Crippen LogP contribution >= 0.6 is 7.82 Å². The predicted octanol–water partition coefficient (Wildman–Crippen LogP) is 11.5. The van der Waals surface area contributed by atoms with E-state index in [-0.39, 0.29) is 26.2 Å². The third-order valence-corrected chi connectivity index (χ3v) is 9.13. The first kappa shape index (κ1) is 50.5. The Balaban J connectivity index is 4.37. The molecule has 53 heavy (non-hydrogen) atoms. The van der Waals surface area contributed by atoms with Crippen molar-refractivity contribution in [1.29, 1.82) is 0 Å². The molecule has 0 radical (unpaired) electrons. The lowest BCUT2D eigenvalue weighted by molar-refractivity contribution is -0.159. The van der Waals surface area contributed by atoms with Crippen molar-refractivity contribution in [2.75, 3.05) is 26.4 Å². The molecule has 9 nitrogen and oxygen atoms in total. The monoisotopic (exact) mass is 764 g/mol. The number of rotatable bonds is 37. The van der Waals surface area contributed by atoms with E-state index in [9.17, 15) is 19.0 Å². The average Bonchev–Trinajstić information content (AvgIpc) is 3.14. The van der Waals surface area contributed by atoms with Gasteiger partial charge in [-0.05, 0) is 57.8 Å². The average molecular weight is 764 g/mol. The van der Waals surface area contributed by atoms with Gasteiger partial charge in [-0.25, -0.2) is 9.36 Å². The number of hydrogen-bond acceptors (Lipinski definition) is 8. The van der Waals surface area contributed by atoms with Gasteiger partial charge in [0.1, 0.15) is 6.61 Å². The van der Waals surface area contributed by atoms with Crippen molar-refractivity contribution < 1.29 is 37.6 Å². The molecule has 3 N–H and O–H groups in total. The molecule has 0 aromatic carbocycles. The smallest absolute Gasteiger partial charge is 0.458 e. The fourth-order valence-corrected chi connectivity index (χ4v) is 5.89. The maximum atomic E-state index is 12.5. The van der Waals surface area contributed by atoms with Gasteiger partial charge in [-0.15, -0.1) is 0 Å². The molecule has 2 atom stereocenters. The fourth-order valence-electron chi connectivity index (χ4n) is 5.13. The Labute approximate surface area is 322 Å². The molecule has 0 aliphatic carbocycles. The van der Waals surface area contributed by atoms with E-state index in [1.165, 1.54) is 76.7 Å². The first-order valence-corrected chi connectivity index (χ1v) is 22.0. The van der Waals surface area contributed by atoms with E-state index in [1.807, 2.05) is 12.2 Å². The normalized spacial score (nSPS) is 14.1. The highest BCUT2D eigenvalue weighted by atomic mass is 31.2. The van der Waals surface area contributed by atoms with Crippen molar-refractivity contribution in [3.05, 3.63) is 72.9 Å². The lowest BCUT2D eigenvalue weighted by atomic mass is 10.1. The van der Waals surface area contributed by atoms with Crippen LogP contribution in [0.2, 0.25) is 0 Å². The first-order chi connectivity index (χ1) is 25.8. The van der Waals surface area contributed by atoms with Crippen molar-refractivity contribution >= 4 is 19.8 Å². The highest BCUT2D eigenvalue weighted by Gasteiger charge is 2.25. The summed E-state index contributed by atoms with van der Waals surface area (Å²) in [6.45, 7) is 3.47. The second kappa shape index (κ2) is 39.2. The van der Waals surface area contributed by atoms with Crippen LogP contribution in [0.5, 0.6) is 0 Å². The Kier molecular flexibility index (Phi) is 37.3. The summed E-state index contributed by atoms with van der Waals surface area (Å²) in [6.07, 6.45) is 47.1. The molecular formula is C43H74NO8P. The van der Waals surface area contributed by atoms with Crippen LogP contribution in [0.4, 0.5) is 0 Å². The number of ether oxygens (including phenoxy) is 2. The largest absolute Gasteiger partial charge is 0.472 e. The summed E-state index contributed by atoms with van der Waals surface area (Å²) in [5.41, 5.74) is 5.33. The summed E-state index contributed by atoms with van der Waals surface area (Å²) < 4.78 is 32.5. The van der Waals surface area contributed by atoms with Gasteiger partial charge in [-0.1, -0.05) is 158 Å². The number of phosphoric acid groups is 1. The van der Waals surface area contributed by atoms with Gasteiger partial charge in [0.15, 0.2) is 6.10 Å². The molecule has 0 bridgehead atoms. The molecule has 10 heteroatoms. The summed E-state index contributed by atoms with van der Waals surface area (Å²) in [4.78, 5) is 34.7. The number of nitrogens with two attached hydrogens (primary N) is 1. The van der Waals surface area contributed by atoms with Gasteiger partial charge >= 0.3 is 19.8 Å². The van der Waals surface area contributed by atoms with Gasteiger partial charge < -0.3 is 20.1 Å². The van der Waals surface area contributed by atoms with E-state index in [1.54, 1.807) is 6.08 Å². The van der Waals surface area contributed by atoms with E-state index >= 15 is 0 Å². The fraction of sp³-hybridized carbons (Fsp3) is 0.674. The second-order valence-corrected chi connectivity index (χ2v) is 14.7. The minimum absolute atomic E-state index is 0.0341. The number of carbonyl (C=O) groups is 2. The first-order valence-electron chi connectivity index (χ1n) is 20.5. The zero-order valence-electron chi connectivity index (χ0n) is 33.2. The van der Waals surface area contributed by atoms with Crippen molar-refractivity contribution in [3.63, 3.8) is 0 Å². The van der Waals surface area contributed by atoms with Crippen LogP contribution in [0, 0.1) is 0 Å². The van der Waals surface area contributed by atoms with Gasteiger partial charge in [-0.3, -0.25) is 13.8 Å². The summed E-state index contributed by atoms with van der Waals surface area (Å²) in [5, 5.41) is 0. The molecule has 0 heterocycles. The Bertz CT molecular complexity index is 1100. The SMILES string of the molecule is CCC/C=C/C/C=C/C/C=C/C/C=C/CCCCCC(=O)O[C@H](COC(=O)/C=C/C=C/CCCCCCCCCCCCC)COP(=O)(O)OCCN. The molecule has 0 saturated heterocycles. The molecule has 0 aliphatic heterocycles. The van der Waals surface area contributed by atoms with Crippen LogP contribution in [0.1, 0.15) is 155 Å². The molecule has 0 spiro atoms. The topological polar surface area (TPSA) is 134 Å². The van der Waals surface area contributed by atoms with E-state index in [0.717, 1.165) is 57.8 Å². The molecule has 0 fully saturated rings.